The van der Waals surface area contributed by atoms with Crippen molar-refractivity contribution >= 4 is 11.0 Å². The lowest BCUT2D eigenvalue weighted by Gasteiger charge is -2.19. The van der Waals surface area contributed by atoms with Crippen molar-refractivity contribution in [1.82, 2.24) is 4.31 Å². The number of rotatable bonds is 2. The topological polar surface area (TPSA) is 20.3 Å². The molecule has 1 aliphatic heterocycles. The fourth-order valence-corrected chi connectivity index (χ4v) is 3.21. The molecule has 1 aliphatic rings. The van der Waals surface area contributed by atoms with Crippen LogP contribution in [0.1, 0.15) is 19.8 Å². The van der Waals surface area contributed by atoms with Crippen molar-refractivity contribution in [3.8, 4) is 0 Å². The molecule has 0 amide bonds. The molecule has 2 atom stereocenters. The molecule has 1 fully saturated rings. The van der Waals surface area contributed by atoms with Gasteiger partial charge in [-0.3, -0.25) is 0 Å². The van der Waals surface area contributed by atoms with Gasteiger partial charge in [0.15, 0.2) is 0 Å². The summed E-state index contributed by atoms with van der Waals surface area (Å²) in [6.07, 6.45) is 2.33. The van der Waals surface area contributed by atoms with Crippen LogP contribution < -0.4 is 0 Å². The number of benzene rings is 1. The van der Waals surface area contributed by atoms with E-state index in [-0.39, 0.29) is 0 Å². The zero-order valence-electron chi connectivity index (χ0n) is 8.35. The zero-order valence-corrected chi connectivity index (χ0v) is 9.17. The van der Waals surface area contributed by atoms with Crippen LogP contribution >= 0.6 is 0 Å². The summed E-state index contributed by atoms with van der Waals surface area (Å²) in [5.41, 5.74) is 0. The van der Waals surface area contributed by atoms with Crippen LogP contribution in [0.15, 0.2) is 35.2 Å². The van der Waals surface area contributed by atoms with Crippen LogP contribution in [-0.2, 0) is 11.0 Å². The van der Waals surface area contributed by atoms with Crippen LogP contribution in [0.3, 0.4) is 0 Å². The number of hydrogen-bond acceptors (Lipinski definition) is 1. The Morgan fingerprint density at radius 1 is 1.36 bits per heavy atom. The maximum absolute atomic E-state index is 12.1. The van der Waals surface area contributed by atoms with Gasteiger partial charge in [0, 0.05) is 12.6 Å². The van der Waals surface area contributed by atoms with Crippen molar-refractivity contribution < 1.29 is 4.21 Å². The van der Waals surface area contributed by atoms with E-state index < -0.39 is 11.0 Å². The first-order chi connectivity index (χ1) is 6.79. The smallest absolute Gasteiger partial charge is 0.127 e. The van der Waals surface area contributed by atoms with Crippen molar-refractivity contribution in [3.05, 3.63) is 30.3 Å². The summed E-state index contributed by atoms with van der Waals surface area (Å²) in [6, 6.07) is 10.1. The summed E-state index contributed by atoms with van der Waals surface area (Å²) in [6.45, 7) is 3.11. The highest BCUT2D eigenvalue weighted by Gasteiger charge is 2.25. The van der Waals surface area contributed by atoms with Crippen LogP contribution in [0.2, 0.25) is 0 Å². The Kier molecular flexibility index (Phi) is 2.99. The third-order valence-electron chi connectivity index (χ3n) is 2.65. The molecule has 1 aromatic rings. The molecule has 1 saturated heterocycles. The summed E-state index contributed by atoms with van der Waals surface area (Å²) in [7, 11) is -0.955. The molecule has 0 aromatic heterocycles. The second-order valence-electron chi connectivity index (χ2n) is 3.69. The van der Waals surface area contributed by atoms with Crippen molar-refractivity contribution in [2.24, 2.45) is 0 Å². The molecular weight excluding hydrogens is 194 g/mol. The van der Waals surface area contributed by atoms with Crippen LogP contribution in [0, 0.1) is 0 Å². The summed E-state index contributed by atoms with van der Waals surface area (Å²) in [5.74, 6) is 0. The van der Waals surface area contributed by atoms with Gasteiger partial charge in [-0.2, -0.15) is 0 Å². The maximum atomic E-state index is 12.1. The normalized spacial score (nSPS) is 25.1. The van der Waals surface area contributed by atoms with Crippen LogP contribution in [0.5, 0.6) is 0 Å². The van der Waals surface area contributed by atoms with E-state index in [0.29, 0.717) is 6.04 Å². The average molecular weight is 209 g/mol. The van der Waals surface area contributed by atoms with E-state index in [4.69, 9.17) is 0 Å². The maximum Gasteiger partial charge on any atom is 0.127 e. The molecule has 0 bridgehead atoms. The minimum atomic E-state index is -0.955. The zero-order chi connectivity index (χ0) is 9.97. The lowest BCUT2D eigenvalue weighted by molar-refractivity contribution is 0.441. The Bertz CT molecular complexity index is 325. The summed E-state index contributed by atoms with van der Waals surface area (Å²) >= 11 is 0. The summed E-state index contributed by atoms with van der Waals surface area (Å²) in [4.78, 5) is 0.918. The Morgan fingerprint density at radius 2 is 2.07 bits per heavy atom. The van der Waals surface area contributed by atoms with Crippen LogP contribution in [0.25, 0.3) is 0 Å². The average Bonchev–Trinajstić information content (AvgIpc) is 2.65. The first-order valence-electron chi connectivity index (χ1n) is 5.02. The molecule has 0 saturated carbocycles. The highest BCUT2D eigenvalue weighted by atomic mass is 32.2. The van der Waals surface area contributed by atoms with Gasteiger partial charge in [0.05, 0.1) is 4.90 Å². The van der Waals surface area contributed by atoms with Crippen LogP contribution in [0.4, 0.5) is 0 Å². The van der Waals surface area contributed by atoms with E-state index in [2.05, 4.69) is 11.2 Å². The highest BCUT2D eigenvalue weighted by Crippen LogP contribution is 2.22. The molecule has 0 radical (unpaired) electrons. The lowest BCUT2D eigenvalue weighted by atomic mass is 10.3. The highest BCUT2D eigenvalue weighted by molar-refractivity contribution is 7.82. The standard InChI is InChI=1S/C11H15NOS/c1-10-6-5-9-12(10)14(13)11-7-3-2-4-8-11/h2-4,7-8,10H,5-6,9H2,1H3/t10-,14?/m1/s1. The molecule has 3 heteroatoms. The van der Waals surface area contributed by atoms with Gasteiger partial charge >= 0.3 is 0 Å². The first-order valence-corrected chi connectivity index (χ1v) is 6.13. The van der Waals surface area contributed by atoms with Gasteiger partial charge < -0.3 is 0 Å². The molecule has 1 heterocycles. The van der Waals surface area contributed by atoms with E-state index in [1.807, 2.05) is 30.3 Å². The third kappa shape index (κ3) is 1.88. The van der Waals surface area contributed by atoms with Gasteiger partial charge in [-0.1, -0.05) is 18.2 Å². The van der Waals surface area contributed by atoms with Gasteiger partial charge in [-0.25, -0.2) is 8.51 Å². The van der Waals surface area contributed by atoms with Crippen molar-refractivity contribution in [2.75, 3.05) is 6.54 Å². The fourth-order valence-electron chi connectivity index (χ4n) is 1.83. The molecule has 0 aliphatic carbocycles. The molecular formula is C11H15NOS. The van der Waals surface area contributed by atoms with Gasteiger partial charge in [-0.05, 0) is 31.9 Å². The Labute approximate surface area is 87.5 Å². The quantitative estimate of drug-likeness (QED) is 0.731. The molecule has 1 unspecified atom stereocenters. The van der Waals surface area contributed by atoms with E-state index in [0.717, 1.165) is 11.4 Å². The lowest BCUT2D eigenvalue weighted by Crippen LogP contribution is -2.28. The Balaban J connectivity index is 2.16. The van der Waals surface area contributed by atoms with Crippen molar-refractivity contribution in [2.45, 2.75) is 30.7 Å². The molecule has 14 heavy (non-hydrogen) atoms. The molecule has 0 spiro atoms. The predicted octanol–water partition coefficient (Wildman–Crippen LogP) is 2.19. The van der Waals surface area contributed by atoms with E-state index in [1.54, 1.807) is 0 Å². The van der Waals surface area contributed by atoms with Gasteiger partial charge in [0.25, 0.3) is 0 Å². The monoisotopic (exact) mass is 209 g/mol. The number of hydrogen-bond donors (Lipinski definition) is 0. The number of nitrogens with zero attached hydrogens (tertiary/aromatic N) is 1. The van der Waals surface area contributed by atoms with Crippen molar-refractivity contribution in [3.63, 3.8) is 0 Å². The van der Waals surface area contributed by atoms with Gasteiger partial charge in [-0.15, -0.1) is 0 Å². The Morgan fingerprint density at radius 3 is 2.64 bits per heavy atom. The molecule has 76 valence electrons. The van der Waals surface area contributed by atoms with Crippen LogP contribution in [-0.4, -0.2) is 21.1 Å². The molecule has 0 N–H and O–H groups in total. The SMILES string of the molecule is C[C@@H]1CCCN1S(=O)c1ccccc1. The molecule has 1 aromatic carbocycles. The Hall–Kier alpha value is -0.670. The molecule has 2 rings (SSSR count). The van der Waals surface area contributed by atoms with Gasteiger partial charge in [0.1, 0.15) is 11.0 Å². The molecule has 2 nitrogen and oxygen atoms in total. The van der Waals surface area contributed by atoms with E-state index >= 15 is 0 Å². The second-order valence-corrected chi connectivity index (χ2v) is 5.13. The fraction of sp³-hybridized carbons (Fsp3) is 0.455. The summed E-state index contributed by atoms with van der Waals surface area (Å²) in [5, 5.41) is 0. The minimum absolute atomic E-state index is 0.455. The van der Waals surface area contributed by atoms with E-state index in [1.165, 1.54) is 12.8 Å². The van der Waals surface area contributed by atoms with Gasteiger partial charge in [0.2, 0.25) is 0 Å². The predicted molar refractivity (Wildman–Crippen MR) is 58.3 cm³/mol. The van der Waals surface area contributed by atoms with E-state index in [9.17, 15) is 4.21 Å². The largest absolute Gasteiger partial charge is 0.237 e. The van der Waals surface area contributed by atoms with Crippen molar-refractivity contribution in [1.29, 1.82) is 0 Å². The first kappa shape index (κ1) is 9.87. The second kappa shape index (κ2) is 4.24. The minimum Gasteiger partial charge on any atom is -0.237 e. The summed E-state index contributed by atoms with van der Waals surface area (Å²) < 4.78 is 14.2. The third-order valence-corrected chi connectivity index (χ3v) is 4.29.